The maximum Gasteiger partial charge on any atom is 0.339 e. The molecule has 5 rings (SSSR count). The van der Waals surface area contributed by atoms with E-state index in [9.17, 15) is 4.79 Å². The summed E-state index contributed by atoms with van der Waals surface area (Å²) in [5.74, 6) is -0.172. The molecular weight excluding hydrogens is 499 g/mol. The molecule has 0 radical (unpaired) electrons. The number of rotatable bonds is 6. The number of pyridine rings is 1. The van der Waals surface area contributed by atoms with Crippen LogP contribution in [0, 0.1) is 39.4 Å². The van der Waals surface area contributed by atoms with E-state index in [-0.39, 0.29) is 0 Å². The van der Waals surface area contributed by atoms with Crippen molar-refractivity contribution in [3.05, 3.63) is 45.5 Å². The average Bonchev–Trinajstić information content (AvgIpc) is 3.09. The lowest BCUT2D eigenvalue weighted by Crippen LogP contribution is -2.32. The molecule has 0 spiro atoms. The van der Waals surface area contributed by atoms with Gasteiger partial charge >= 0.3 is 5.97 Å². The number of fused-ring (bicyclic) bond motifs is 2. The summed E-state index contributed by atoms with van der Waals surface area (Å²) in [6.07, 6.45) is 0.512. The summed E-state index contributed by atoms with van der Waals surface area (Å²) in [7, 11) is 1.36. The Kier molecular flexibility index (Phi) is 7.22. The van der Waals surface area contributed by atoms with Gasteiger partial charge in [0.15, 0.2) is 17.7 Å². The van der Waals surface area contributed by atoms with Crippen molar-refractivity contribution in [1.82, 2.24) is 9.55 Å². The van der Waals surface area contributed by atoms with Crippen LogP contribution >= 0.6 is 0 Å². The SMILES string of the molecule is COC(=O)[C@@H](OC(C)(C)C)c1c(C)nc2c(c(C)c(C)n2CC2COC2)c1-c1cc(F)c2c(c1C)CCCO2. The Morgan fingerprint density at radius 1 is 1.21 bits per heavy atom. The average molecular weight is 539 g/mol. The lowest BCUT2D eigenvalue weighted by molar-refractivity contribution is -0.164. The molecule has 7 nitrogen and oxygen atoms in total. The highest BCUT2D eigenvalue weighted by Crippen LogP contribution is 2.46. The number of esters is 1. The van der Waals surface area contributed by atoms with Crippen LogP contribution in [0.15, 0.2) is 6.07 Å². The number of hydrogen-bond acceptors (Lipinski definition) is 6. The van der Waals surface area contributed by atoms with Crippen LogP contribution in [-0.4, -0.2) is 48.1 Å². The minimum Gasteiger partial charge on any atom is -0.490 e. The molecule has 0 amide bonds. The van der Waals surface area contributed by atoms with Crippen molar-refractivity contribution in [2.24, 2.45) is 5.92 Å². The molecule has 0 bridgehead atoms. The first-order valence-electron chi connectivity index (χ1n) is 13.7. The number of ether oxygens (including phenoxy) is 4. The van der Waals surface area contributed by atoms with Crippen LogP contribution in [0.3, 0.4) is 0 Å². The number of carbonyl (C=O) groups excluding carboxylic acids is 1. The summed E-state index contributed by atoms with van der Waals surface area (Å²) in [6.45, 7) is 16.5. The summed E-state index contributed by atoms with van der Waals surface area (Å²) in [4.78, 5) is 18.4. The number of aromatic nitrogens is 2. The van der Waals surface area contributed by atoms with E-state index in [2.05, 4.69) is 18.4 Å². The molecule has 1 aromatic carbocycles. The van der Waals surface area contributed by atoms with Gasteiger partial charge in [0.05, 0.1) is 32.5 Å². The van der Waals surface area contributed by atoms with E-state index in [0.717, 1.165) is 77.1 Å². The van der Waals surface area contributed by atoms with Crippen LogP contribution in [0.1, 0.15) is 66.9 Å². The molecule has 2 aliphatic rings. The second kappa shape index (κ2) is 10.2. The molecule has 8 heteroatoms. The quantitative estimate of drug-likeness (QED) is 0.355. The third-order valence-corrected chi connectivity index (χ3v) is 7.99. The van der Waals surface area contributed by atoms with Crippen LogP contribution < -0.4 is 4.74 Å². The minimum absolute atomic E-state index is 0.331. The van der Waals surface area contributed by atoms with E-state index in [0.29, 0.717) is 29.5 Å². The minimum atomic E-state index is -1.04. The predicted octanol–water partition coefficient (Wildman–Crippen LogP) is 6.08. The van der Waals surface area contributed by atoms with E-state index in [1.807, 2.05) is 34.6 Å². The Balaban J connectivity index is 1.89. The second-order valence-electron chi connectivity index (χ2n) is 11.8. The van der Waals surface area contributed by atoms with E-state index in [4.69, 9.17) is 23.9 Å². The van der Waals surface area contributed by atoms with Gasteiger partial charge < -0.3 is 23.5 Å². The van der Waals surface area contributed by atoms with Crippen molar-refractivity contribution in [3.8, 4) is 16.9 Å². The van der Waals surface area contributed by atoms with Gasteiger partial charge in [-0.1, -0.05) is 0 Å². The van der Waals surface area contributed by atoms with E-state index < -0.39 is 23.5 Å². The summed E-state index contributed by atoms with van der Waals surface area (Å²) < 4.78 is 40.7. The Morgan fingerprint density at radius 2 is 1.92 bits per heavy atom. The maximum atomic E-state index is 15.7. The zero-order valence-electron chi connectivity index (χ0n) is 24.3. The monoisotopic (exact) mass is 538 g/mol. The molecule has 0 N–H and O–H groups in total. The summed E-state index contributed by atoms with van der Waals surface area (Å²) in [5.41, 5.74) is 6.86. The molecule has 39 heavy (non-hydrogen) atoms. The number of nitrogens with zero attached hydrogens (tertiary/aromatic N) is 2. The molecule has 210 valence electrons. The van der Waals surface area contributed by atoms with E-state index in [1.54, 1.807) is 6.07 Å². The normalized spacial score (nSPS) is 16.5. The van der Waals surface area contributed by atoms with Gasteiger partial charge in [0, 0.05) is 45.9 Å². The first-order valence-corrected chi connectivity index (χ1v) is 13.7. The fourth-order valence-corrected chi connectivity index (χ4v) is 5.87. The van der Waals surface area contributed by atoms with Gasteiger partial charge in [-0.15, -0.1) is 0 Å². The molecule has 2 aromatic heterocycles. The number of methoxy groups -OCH3 is 1. The number of carbonyl (C=O) groups is 1. The molecule has 3 aromatic rings. The van der Waals surface area contributed by atoms with E-state index >= 15 is 4.39 Å². The molecule has 0 aliphatic carbocycles. The summed E-state index contributed by atoms with van der Waals surface area (Å²) in [5, 5.41) is 0.902. The van der Waals surface area contributed by atoms with Crippen molar-refractivity contribution in [2.75, 3.05) is 26.9 Å². The maximum absolute atomic E-state index is 15.7. The van der Waals surface area contributed by atoms with Crippen molar-refractivity contribution in [2.45, 2.75) is 79.6 Å². The summed E-state index contributed by atoms with van der Waals surface area (Å²) in [6, 6.07) is 1.55. The van der Waals surface area contributed by atoms with Crippen LogP contribution in [0.25, 0.3) is 22.2 Å². The Hall–Kier alpha value is -2.97. The zero-order valence-corrected chi connectivity index (χ0v) is 24.3. The highest BCUT2D eigenvalue weighted by molar-refractivity contribution is 6.01. The fourth-order valence-electron chi connectivity index (χ4n) is 5.87. The predicted molar refractivity (Wildman–Crippen MR) is 148 cm³/mol. The number of benzene rings is 1. The number of halogens is 1. The smallest absolute Gasteiger partial charge is 0.339 e. The first kappa shape index (κ1) is 27.6. The third-order valence-electron chi connectivity index (χ3n) is 7.99. The van der Waals surface area contributed by atoms with Gasteiger partial charge in [-0.3, -0.25) is 0 Å². The van der Waals surface area contributed by atoms with Crippen molar-refractivity contribution in [3.63, 3.8) is 0 Å². The molecule has 1 atom stereocenters. The molecule has 1 fully saturated rings. The third kappa shape index (κ3) is 4.82. The van der Waals surface area contributed by atoms with Gasteiger partial charge in [0.1, 0.15) is 5.65 Å². The second-order valence-corrected chi connectivity index (χ2v) is 11.8. The van der Waals surface area contributed by atoms with Gasteiger partial charge in [-0.05, 0) is 84.1 Å². The van der Waals surface area contributed by atoms with E-state index in [1.165, 1.54) is 7.11 Å². The van der Waals surface area contributed by atoms with Crippen LogP contribution in [-0.2, 0) is 32.0 Å². The zero-order chi connectivity index (χ0) is 28.2. The summed E-state index contributed by atoms with van der Waals surface area (Å²) >= 11 is 0. The number of hydrogen-bond donors (Lipinski definition) is 0. The topological polar surface area (TPSA) is 71.8 Å². The lowest BCUT2D eigenvalue weighted by Gasteiger charge is -2.30. The van der Waals surface area contributed by atoms with Crippen LogP contribution in [0.2, 0.25) is 0 Å². The molecular formula is C31H39FN2O5. The molecule has 2 aliphatic heterocycles. The van der Waals surface area contributed by atoms with Crippen LogP contribution in [0.5, 0.6) is 5.75 Å². The van der Waals surface area contributed by atoms with Crippen LogP contribution in [0.4, 0.5) is 4.39 Å². The van der Waals surface area contributed by atoms with Gasteiger partial charge in [-0.25, -0.2) is 14.2 Å². The first-order chi connectivity index (χ1) is 18.4. The van der Waals surface area contributed by atoms with Gasteiger partial charge in [0.2, 0.25) is 0 Å². The van der Waals surface area contributed by atoms with Gasteiger partial charge in [-0.2, -0.15) is 0 Å². The largest absolute Gasteiger partial charge is 0.490 e. The number of aryl methyl sites for hydroxylation is 2. The van der Waals surface area contributed by atoms with Gasteiger partial charge in [0.25, 0.3) is 0 Å². The molecule has 0 saturated carbocycles. The van der Waals surface area contributed by atoms with Crippen molar-refractivity contribution in [1.29, 1.82) is 0 Å². The molecule has 0 unspecified atom stereocenters. The Labute approximate surface area is 229 Å². The highest BCUT2D eigenvalue weighted by Gasteiger charge is 2.36. The van der Waals surface area contributed by atoms with Crippen molar-refractivity contribution < 1.29 is 28.1 Å². The highest BCUT2D eigenvalue weighted by atomic mass is 19.1. The molecule has 4 heterocycles. The molecule has 1 saturated heterocycles. The van der Waals surface area contributed by atoms with Crippen molar-refractivity contribution >= 4 is 17.0 Å². The Bertz CT molecular complexity index is 1450. The lowest BCUT2D eigenvalue weighted by atomic mass is 9.86. The fraction of sp³-hybridized carbons (Fsp3) is 0.548. The Morgan fingerprint density at radius 3 is 2.54 bits per heavy atom. The standard InChI is InChI=1S/C31H39FN2O5/c1-16-19(4)34(13-20-14-37-15-20)29-24(16)26(22-12-23(32)27-21(17(22)2)10-9-11-38-27)25(18(3)33-29)28(30(35)36-8)39-31(5,6)7/h12,20,28H,9-11,13-15H2,1-8H3/t28-/m0/s1.